The molecule has 0 aliphatic rings. The van der Waals surface area contributed by atoms with Gasteiger partial charge in [0.05, 0.1) is 13.3 Å². The van der Waals surface area contributed by atoms with Crippen LogP contribution in [0.2, 0.25) is 0 Å². The third kappa shape index (κ3) is 2.47. The van der Waals surface area contributed by atoms with Gasteiger partial charge >= 0.3 is 0 Å². The van der Waals surface area contributed by atoms with Crippen molar-refractivity contribution < 1.29 is 18.3 Å². The normalized spacial score (nSPS) is 10.5. The highest BCUT2D eigenvalue weighted by Crippen LogP contribution is 2.21. The number of methoxy groups -OCH3 is 1. The Balaban J connectivity index is 2.34. The number of hydrogen-bond donors (Lipinski definition) is 0. The number of halogens is 2. The van der Waals surface area contributed by atoms with Gasteiger partial charge in [-0.15, -0.1) is 0 Å². The van der Waals surface area contributed by atoms with Crippen molar-refractivity contribution in [3.05, 3.63) is 47.3 Å². The largest absolute Gasteiger partial charge is 0.493 e. The number of ether oxygens (including phenoxy) is 1. The average Bonchev–Trinajstić information content (AvgIpc) is 2.75. The first-order chi connectivity index (χ1) is 9.04. The molecule has 0 saturated carbocycles. The number of aromatic nitrogens is 2. The first-order valence-corrected chi connectivity index (χ1v) is 5.56. The zero-order valence-corrected chi connectivity index (χ0v) is 10.5. The highest BCUT2D eigenvalue weighted by atomic mass is 19.1. The van der Waals surface area contributed by atoms with Crippen LogP contribution in [-0.4, -0.2) is 22.7 Å². The van der Waals surface area contributed by atoms with Crippen LogP contribution in [0.15, 0.2) is 24.4 Å². The summed E-state index contributed by atoms with van der Waals surface area (Å²) in [5, 5.41) is 3.88. The van der Waals surface area contributed by atoms with Crippen LogP contribution in [-0.2, 0) is 13.5 Å². The molecule has 6 heteroatoms. The minimum atomic E-state index is -0.741. The smallest absolute Gasteiger partial charge is 0.189 e. The molecule has 100 valence electrons. The molecule has 1 heterocycles. The van der Waals surface area contributed by atoms with Crippen LogP contribution in [0.1, 0.15) is 16.1 Å². The van der Waals surface area contributed by atoms with Crippen LogP contribution in [0.5, 0.6) is 5.75 Å². The van der Waals surface area contributed by atoms with Crippen LogP contribution in [0.25, 0.3) is 0 Å². The molecule has 0 bridgehead atoms. The molecule has 0 unspecified atom stereocenters. The van der Waals surface area contributed by atoms with E-state index in [9.17, 15) is 13.6 Å². The molecule has 0 atom stereocenters. The summed E-state index contributed by atoms with van der Waals surface area (Å²) in [5.74, 6) is -1.66. The molecular weight excluding hydrogens is 254 g/mol. The van der Waals surface area contributed by atoms with Gasteiger partial charge in [0.25, 0.3) is 0 Å². The Morgan fingerprint density at radius 1 is 1.37 bits per heavy atom. The highest BCUT2D eigenvalue weighted by Gasteiger charge is 2.21. The summed E-state index contributed by atoms with van der Waals surface area (Å²) < 4.78 is 33.3. The highest BCUT2D eigenvalue weighted by molar-refractivity contribution is 5.98. The zero-order valence-electron chi connectivity index (χ0n) is 10.5. The second-order valence-electron chi connectivity index (χ2n) is 3.99. The fraction of sp³-hybridized carbons (Fsp3) is 0.231. The lowest BCUT2D eigenvalue weighted by molar-refractivity contribution is 0.0978. The Kier molecular flexibility index (Phi) is 3.59. The van der Waals surface area contributed by atoms with E-state index in [1.807, 2.05) is 0 Å². The van der Waals surface area contributed by atoms with Gasteiger partial charge in [-0.25, -0.2) is 8.78 Å². The average molecular weight is 266 g/mol. The van der Waals surface area contributed by atoms with Crippen molar-refractivity contribution in [2.45, 2.75) is 6.42 Å². The number of hydrogen-bond acceptors (Lipinski definition) is 3. The summed E-state index contributed by atoms with van der Waals surface area (Å²) in [5.41, 5.74) is -0.0686. The molecule has 2 rings (SSSR count). The lowest BCUT2D eigenvalue weighted by atomic mass is 10.1. The standard InChI is InChI=1S/C13H12F2N2O2/c1-17-13(12(19-2)7-16-17)11(18)6-8-9(14)4-3-5-10(8)15/h3-5,7H,6H2,1-2H3. The molecule has 4 nitrogen and oxygen atoms in total. The van der Waals surface area contributed by atoms with Crippen molar-refractivity contribution in [3.63, 3.8) is 0 Å². The van der Waals surface area contributed by atoms with E-state index in [-0.39, 0.29) is 23.4 Å². The number of carbonyl (C=O) groups excluding carboxylic acids is 1. The molecule has 0 spiro atoms. The van der Waals surface area contributed by atoms with E-state index in [1.165, 1.54) is 24.1 Å². The molecule has 0 amide bonds. The van der Waals surface area contributed by atoms with E-state index in [2.05, 4.69) is 5.10 Å². The van der Waals surface area contributed by atoms with Crippen LogP contribution in [0.4, 0.5) is 8.78 Å². The van der Waals surface area contributed by atoms with Gasteiger partial charge in [0, 0.05) is 19.0 Å². The van der Waals surface area contributed by atoms with Gasteiger partial charge < -0.3 is 4.74 Å². The van der Waals surface area contributed by atoms with E-state index in [1.54, 1.807) is 7.05 Å². The maximum absolute atomic E-state index is 13.5. The fourth-order valence-corrected chi connectivity index (χ4v) is 1.83. The molecule has 19 heavy (non-hydrogen) atoms. The molecule has 0 radical (unpaired) electrons. The SMILES string of the molecule is COc1cnn(C)c1C(=O)Cc1c(F)cccc1F. The third-order valence-corrected chi connectivity index (χ3v) is 2.79. The predicted octanol–water partition coefficient (Wildman–Crippen LogP) is 2.13. The number of rotatable bonds is 4. The summed E-state index contributed by atoms with van der Waals surface area (Å²) >= 11 is 0. The van der Waals surface area contributed by atoms with Crippen molar-refractivity contribution >= 4 is 5.78 Å². The van der Waals surface area contributed by atoms with E-state index in [0.717, 1.165) is 12.1 Å². The Morgan fingerprint density at radius 2 is 2.00 bits per heavy atom. The van der Waals surface area contributed by atoms with E-state index >= 15 is 0 Å². The summed E-state index contributed by atoms with van der Waals surface area (Å²) in [4.78, 5) is 12.1. The molecule has 2 aromatic rings. The van der Waals surface area contributed by atoms with Crippen molar-refractivity contribution in [1.82, 2.24) is 9.78 Å². The monoisotopic (exact) mass is 266 g/mol. The first-order valence-electron chi connectivity index (χ1n) is 5.56. The number of ketones is 1. The van der Waals surface area contributed by atoms with Gasteiger partial charge in [-0.1, -0.05) is 6.07 Å². The Bertz CT molecular complexity index is 603. The van der Waals surface area contributed by atoms with E-state index < -0.39 is 17.4 Å². The topological polar surface area (TPSA) is 44.1 Å². The first kappa shape index (κ1) is 13.2. The quantitative estimate of drug-likeness (QED) is 0.796. The van der Waals surface area contributed by atoms with Crippen LogP contribution >= 0.6 is 0 Å². The molecule has 0 aliphatic heterocycles. The minimum Gasteiger partial charge on any atom is -0.493 e. The molecule has 0 N–H and O–H groups in total. The van der Waals surface area contributed by atoms with Crippen molar-refractivity contribution in [3.8, 4) is 5.75 Å². The molecular formula is C13H12F2N2O2. The van der Waals surface area contributed by atoms with E-state index in [4.69, 9.17) is 4.74 Å². The number of nitrogens with zero attached hydrogens (tertiary/aromatic N) is 2. The minimum absolute atomic E-state index is 0.185. The Hall–Kier alpha value is -2.24. The third-order valence-electron chi connectivity index (χ3n) is 2.79. The van der Waals surface area contributed by atoms with Gasteiger partial charge in [0.2, 0.25) is 0 Å². The van der Waals surface area contributed by atoms with Gasteiger partial charge in [0.1, 0.15) is 17.3 Å². The van der Waals surface area contributed by atoms with Gasteiger partial charge in [0.15, 0.2) is 11.5 Å². The molecule has 0 fully saturated rings. The predicted molar refractivity (Wildman–Crippen MR) is 64.2 cm³/mol. The summed E-state index contributed by atoms with van der Waals surface area (Å²) in [6.45, 7) is 0. The Morgan fingerprint density at radius 3 is 2.58 bits per heavy atom. The van der Waals surface area contributed by atoms with Crippen LogP contribution in [0.3, 0.4) is 0 Å². The van der Waals surface area contributed by atoms with Gasteiger partial charge in [-0.05, 0) is 12.1 Å². The van der Waals surface area contributed by atoms with Crippen molar-refractivity contribution in [1.29, 1.82) is 0 Å². The van der Waals surface area contributed by atoms with Crippen molar-refractivity contribution in [2.75, 3.05) is 7.11 Å². The van der Waals surface area contributed by atoms with Crippen molar-refractivity contribution in [2.24, 2.45) is 7.05 Å². The second-order valence-corrected chi connectivity index (χ2v) is 3.99. The molecule has 1 aromatic carbocycles. The number of aryl methyl sites for hydroxylation is 1. The summed E-state index contributed by atoms with van der Waals surface area (Å²) in [6, 6.07) is 3.49. The number of carbonyl (C=O) groups is 1. The zero-order chi connectivity index (χ0) is 14.0. The number of Topliss-reactive ketones (excluding diaryl/α,β-unsaturated/α-hetero) is 1. The molecule has 0 saturated heterocycles. The maximum Gasteiger partial charge on any atom is 0.189 e. The Labute approximate surface area is 108 Å². The van der Waals surface area contributed by atoms with E-state index in [0.29, 0.717) is 0 Å². The maximum atomic E-state index is 13.5. The fourth-order valence-electron chi connectivity index (χ4n) is 1.83. The van der Waals surface area contributed by atoms with Gasteiger partial charge in [-0.3, -0.25) is 9.48 Å². The van der Waals surface area contributed by atoms with Gasteiger partial charge in [-0.2, -0.15) is 5.10 Å². The molecule has 1 aromatic heterocycles. The number of benzene rings is 1. The molecule has 0 aliphatic carbocycles. The lowest BCUT2D eigenvalue weighted by Crippen LogP contribution is -2.13. The van der Waals surface area contributed by atoms with Crippen LogP contribution in [0, 0.1) is 11.6 Å². The van der Waals surface area contributed by atoms with Crippen LogP contribution < -0.4 is 4.74 Å². The summed E-state index contributed by atoms with van der Waals surface area (Å²) in [7, 11) is 2.96. The second kappa shape index (κ2) is 5.17. The summed E-state index contributed by atoms with van der Waals surface area (Å²) in [6.07, 6.45) is 0.999. The lowest BCUT2D eigenvalue weighted by Gasteiger charge is -2.06.